The first kappa shape index (κ1) is 15.8. The number of halogens is 2. The Morgan fingerprint density at radius 1 is 1.31 bits per heavy atom. The third-order valence-corrected chi connectivity index (χ3v) is 2.29. The lowest BCUT2D eigenvalue weighted by Crippen LogP contribution is -2.42. The van der Waals surface area contributed by atoms with Crippen LogP contribution in [0.5, 0.6) is 0 Å². The van der Waals surface area contributed by atoms with Crippen LogP contribution < -0.4 is 4.89 Å². The van der Waals surface area contributed by atoms with Crippen molar-refractivity contribution in [1.29, 1.82) is 0 Å². The van der Waals surface area contributed by atoms with Gasteiger partial charge in [-0.3, -0.25) is 4.57 Å². The maximum Gasteiger partial charge on any atom is 0.268 e. The van der Waals surface area contributed by atoms with Gasteiger partial charge in [-0.1, -0.05) is 0 Å². The number of nitrogens with zero attached hydrogens (tertiary/aromatic N) is 1. The fourth-order valence-electron chi connectivity index (χ4n) is 0.671. The summed E-state index contributed by atoms with van der Waals surface area (Å²) >= 11 is 3.86. The SMILES string of the molecule is CC[N+](C)(CC)CC.O=P([O-])(F)Cl. The van der Waals surface area contributed by atoms with Gasteiger partial charge in [0.25, 0.3) is 7.03 Å². The fourth-order valence-corrected chi connectivity index (χ4v) is 0.671. The lowest BCUT2D eigenvalue weighted by Gasteiger charge is -2.30. The minimum absolute atomic E-state index is 1.21. The summed E-state index contributed by atoms with van der Waals surface area (Å²) in [5.41, 5.74) is 0. The molecule has 0 saturated heterocycles. The zero-order valence-electron chi connectivity index (χ0n) is 8.59. The number of hydrogen-bond donors (Lipinski definition) is 0. The van der Waals surface area contributed by atoms with Crippen molar-refractivity contribution in [3.8, 4) is 0 Å². The van der Waals surface area contributed by atoms with Crippen LogP contribution in [0.15, 0.2) is 0 Å². The standard InChI is InChI=1S/C7H18N.ClFHO2P/c1-5-8(4,6-2)7-3;1-5(2,3)4/h5-7H2,1-4H3;(H,3,4)/q+1;/p-1. The summed E-state index contributed by atoms with van der Waals surface area (Å²) in [7, 11) is -2.63. The van der Waals surface area contributed by atoms with E-state index in [1.165, 1.54) is 24.1 Å². The summed E-state index contributed by atoms with van der Waals surface area (Å²) in [6.07, 6.45) is 0. The van der Waals surface area contributed by atoms with E-state index in [1.54, 1.807) is 0 Å². The molecule has 0 aliphatic heterocycles. The Labute approximate surface area is 84.5 Å². The molecule has 0 amide bonds. The van der Waals surface area contributed by atoms with Crippen LogP contribution in [-0.4, -0.2) is 31.2 Å². The van der Waals surface area contributed by atoms with Crippen molar-refractivity contribution in [1.82, 2.24) is 0 Å². The highest BCUT2D eigenvalue weighted by Gasteiger charge is 2.10. The highest BCUT2D eigenvalue weighted by atomic mass is 35.7. The Morgan fingerprint density at radius 3 is 1.46 bits per heavy atom. The van der Waals surface area contributed by atoms with Crippen LogP contribution in [0.25, 0.3) is 0 Å². The molecular formula is C7H18ClFNO2P. The summed E-state index contributed by atoms with van der Waals surface area (Å²) in [4.78, 5) is 8.76. The monoisotopic (exact) mass is 233 g/mol. The molecule has 0 aliphatic rings. The van der Waals surface area contributed by atoms with Crippen molar-refractivity contribution in [2.75, 3.05) is 26.7 Å². The molecule has 0 saturated carbocycles. The third kappa shape index (κ3) is 15.2. The first-order valence-electron chi connectivity index (χ1n) is 4.22. The second kappa shape index (κ2) is 6.77. The normalized spacial score (nSPS) is 15.6. The van der Waals surface area contributed by atoms with Crippen molar-refractivity contribution < 1.29 is 18.1 Å². The van der Waals surface area contributed by atoms with Crippen LogP contribution in [-0.2, 0) is 4.57 Å². The molecule has 0 rings (SSSR count). The highest BCUT2D eigenvalue weighted by molar-refractivity contribution is 7.79. The molecule has 3 nitrogen and oxygen atoms in total. The predicted molar refractivity (Wildman–Crippen MR) is 52.4 cm³/mol. The molecule has 0 radical (unpaired) electrons. The zero-order valence-corrected chi connectivity index (χ0v) is 10.2. The van der Waals surface area contributed by atoms with Crippen molar-refractivity contribution in [2.45, 2.75) is 20.8 Å². The summed E-state index contributed by atoms with van der Waals surface area (Å²) < 4.78 is 20.4. The second-order valence-corrected chi connectivity index (χ2v) is 5.02. The van der Waals surface area contributed by atoms with Gasteiger partial charge in [-0.15, -0.1) is 0 Å². The van der Waals surface area contributed by atoms with Crippen LogP contribution in [0.4, 0.5) is 4.20 Å². The molecule has 82 valence electrons. The van der Waals surface area contributed by atoms with Crippen LogP contribution in [0, 0.1) is 0 Å². The molecule has 0 aromatic rings. The molecule has 1 atom stereocenters. The molecule has 13 heavy (non-hydrogen) atoms. The van der Waals surface area contributed by atoms with Crippen molar-refractivity contribution in [2.24, 2.45) is 0 Å². The molecule has 0 aromatic heterocycles. The van der Waals surface area contributed by atoms with E-state index < -0.39 is 7.03 Å². The molecule has 0 bridgehead atoms. The molecule has 0 N–H and O–H groups in total. The summed E-state index contributed by atoms with van der Waals surface area (Å²) in [5.74, 6) is 0. The average molecular weight is 234 g/mol. The molecule has 0 spiro atoms. The Bertz CT molecular complexity index is 153. The van der Waals surface area contributed by atoms with Gasteiger partial charge in [0.05, 0.1) is 26.7 Å². The molecule has 0 heterocycles. The van der Waals surface area contributed by atoms with Gasteiger partial charge in [-0.2, -0.15) is 4.20 Å². The van der Waals surface area contributed by atoms with Gasteiger partial charge in [0.15, 0.2) is 0 Å². The molecule has 0 aliphatic carbocycles. The first-order valence-corrected chi connectivity index (χ1v) is 6.64. The van der Waals surface area contributed by atoms with Crippen LogP contribution in [0.3, 0.4) is 0 Å². The van der Waals surface area contributed by atoms with Gasteiger partial charge in [0.2, 0.25) is 0 Å². The Morgan fingerprint density at radius 2 is 1.46 bits per heavy atom. The smallest absolute Gasteiger partial charge is 0.268 e. The molecular weight excluding hydrogens is 216 g/mol. The minimum atomic E-state index is -4.92. The largest absolute Gasteiger partial charge is 0.763 e. The fraction of sp³-hybridized carbons (Fsp3) is 1.00. The second-order valence-electron chi connectivity index (χ2n) is 2.98. The molecule has 1 unspecified atom stereocenters. The van der Waals surface area contributed by atoms with Gasteiger partial charge >= 0.3 is 0 Å². The van der Waals surface area contributed by atoms with Gasteiger partial charge in [0, 0.05) is 0 Å². The summed E-state index contributed by atoms with van der Waals surface area (Å²) in [5, 5.41) is 0. The van der Waals surface area contributed by atoms with Crippen LogP contribution in [0.2, 0.25) is 0 Å². The van der Waals surface area contributed by atoms with Gasteiger partial charge in [-0.25, -0.2) is 0 Å². The number of rotatable bonds is 3. The van der Waals surface area contributed by atoms with E-state index in [0.717, 1.165) is 0 Å². The van der Waals surface area contributed by atoms with Gasteiger partial charge in [0.1, 0.15) is 0 Å². The Balaban J connectivity index is 0. The predicted octanol–water partition coefficient (Wildman–Crippen LogP) is 2.16. The minimum Gasteiger partial charge on any atom is -0.763 e. The van der Waals surface area contributed by atoms with E-state index in [4.69, 9.17) is 9.46 Å². The molecule has 0 fully saturated rings. The third-order valence-electron chi connectivity index (χ3n) is 2.29. The van der Waals surface area contributed by atoms with E-state index in [2.05, 4.69) is 39.1 Å². The lowest BCUT2D eigenvalue weighted by atomic mass is 10.4. The maximum absolute atomic E-state index is 10.5. The summed E-state index contributed by atoms with van der Waals surface area (Å²) in [6.45, 7) is 10.5. The maximum atomic E-state index is 10.5. The van der Waals surface area contributed by atoms with Crippen LogP contribution in [0.1, 0.15) is 20.8 Å². The summed E-state index contributed by atoms with van der Waals surface area (Å²) in [6, 6.07) is 0. The van der Waals surface area contributed by atoms with E-state index >= 15 is 0 Å². The lowest BCUT2D eigenvalue weighted by molar-refractivity contribution is -0.904. The number of hydrogen-bond acceptors (Lipinski definition) is 2. The van der Waals surface area contributed by atoms with Gasteiger partial charge < -0.3 is 9.38 Å². The Hall–Kier alpha value is 0.370. The van der Waals surface area contributed by atoms with E-state index in [1.807, 2.05) is 0 Å². The number of quaternary nitrogens is 1. The van der Waals surface area contributed by atoms with Gasteiger partial charge in [-0.05, 0) is 32.0 Å². The first-order chi connectivity index (χ1) is 5.68. The van der Waals surface area contributed by atoms with E-state index in [0.29, 0.717) is 0 Å². The van der Waals surface area contributed by atoms with Crippen molar-refractivity contribution in [3.05, 3.63) is 0 Å². The highest BCUT2D eigenvalue weighted by Crippen LogP contribution is 2.42. The van der Waals surface area contributed by atoms with Crippen molar-refractivity contribution in [3.63, 3.8) is 0 Å². The van der Waals surface area contributed by atoms with E-state index in [-0.39, 0.29) is 0 Å². The van der Waals surface area contributed by atoms with Crippen LogP contribution >= 0.6 is 18.3 Å². The molecule has 0 aromatic carbocycles. The Kier molecular flexibility index (Phi) is 8.24. The topological polar surface area (TPSA) is 40.1 Å². The average Bonchev–Trinajstić information content (AvgIpc) is 2.00. The quantitative estimate of drug-likeness (QED) is 0.554. The molecule has 6 heteroatoms. The van der Waals surface area contributed by atoms with Crippen molar-refractivity contribution >= 4 is 18.3 Å². The van der Waals surface area contributed by atoms with E-state index in [9.17, 15) is 4.20 Å². The zero-order chi connectivity index (χ0) is 11.1.